The number of pyridine rings is 1. The lowest BCUT2D eigenvalue weighted by molar-refractivity contribution is -0.119. The van der Waals surface area contributed by atoms with E-state index in [-0.39, 0.29) is 48.6 Å². The zero-order valence-electron chi connectivity index (χ0n) is 15.2. The molecule has 1 aromatic carbocycles. The minimum absolute atomic E-state index is 0. The first-order valence-corrected chi connectivity index (χ1v) is 8.38. The van der Waals surface area contributed by atoms with Crippen LogP contribution in [0.3, 0.4) is 0 Å². The molecule has 2 unspecified atom stereocenters. The Balaban J connectivity index is 0.00000182. The Morgan fingerprint density at radius 2 is 1.96 bits per heavy atom. The molecule has 6 nitrogen and oxygen atoms in total. The number of carbonyl (C=O) groups excluding carboxylic acids is 2. The lowest BCUT2D eigenvalue weighted by atomic mass is 10.0. The number of nitrogens with one attached hydrogen (secondary N) is 1. The fraction of sp³-hybridized carbons (Fsp3) is 0.316. The third-order valence-electron chi connectivity index (χ3n) is 4.60. The van der Waals surface area contributed by atoms with Gasteiger partial charge in [-0.1, -0.05) is 6.92 Å². The number of amides is 2. The first kappa shape index (κ1) is 22.9. The van der Waals surface area contributed by atoms with Crippen molar-refractivity contribution in [2.45, 2.75) is 26.3 Å². The number of benzene rings is 1. The molecule has 0 spiro atoms. The van der Waals surface area contributed by atoms with Crippen molar-refractivity contribution in [1.82, 2.24) is 4.98 Å². The summed E-state index contributed by atoms with van der Waals surface area (Å²) >= 11 is 0. The first-order valence-electron chi connectivity index (χ1n) is 8.38. The summed E-state index contributed by atoms with van der Waals surface area (Å²) in [7, 11) is 0. The highest BCUT2D eigenvalue weighted by Crippen LogP contribution is 2.31. The van der Waals surface area contributed by atoms with Crippen LogP contribution >= 0.6 is 24.8 Å². The molecule has 1 aliphatic rings. The number of fused-ring (bicyclic) bond motifs is 1. The second-order valence-corrected chi connectivity index (χ2v) is 6.43. The normalized spacial score (nSPS) is 14.3. The fourth-order valence-corrected chi connectivity index (χ4v) is 2.83. The lowest BCUT2D eigenvalue weighted by Gasteiger charge is -2.18. The lowest BCUT2D eigenvalue weighted by Crippen LogP contribution is -2.34. The van der Waals surface area contributed by atoms with E-state index < -0.39 is 0 Å². The second-order valence-electron chi connectivity index (χ2n) is 6.43. The molecule has 3 rings (SSSR count). The van der Waals surface area contributed by atoms with Gasteiger partial charge in [0, 0.05) is 36.4 Å². The van der Waals surface area contributed by atoms with Gasteiger partial charge < -0.3 is 16.0 Å². The molecule has 0 saturated heterocycles. The molecule has 0 saturated carbocycles. The summed E-state index contributed by atoms with van der Waals surface area (Å²) in [5, 5.41) is 2.90. The van der Waals surface area contributed by atoms with Crippen LogP contribution in [0.25, 0.3) is 0 Å². The van der Waals surface area contributed by atoms with Crippen molar-refractivity contribution in [2.24, 2.45) is 11.7 Å². The van der Waals surface area contributed by atoms with Gasteiger partial charge in [0.15, 0.2) is 0 Å². The summed E-state index contributed by atoms with van der Waals surface area (Å²) in [6.45, 7) is 4.24. The Labute approximate surface area is 171 Å². The van der Waals surface area contributed by atoms with Crippen LogP contribution in [0.1, 0.15) is 29.8 Å². The molecular weight excluding hydrogens is 387 g/mol. The molecule has 3 N–H and O–H groups in total. The third-order valence-corrected chi connectivity index (χ3v) is 4.60. The number of anilines is 2. The van der Waals surface area contributed by atoms with Gasteiger partial charge in [0.2, 0.25) is 5.91 Å². The minimum Gasteiger partial charge on any atom is -0.327 e. The average Bonchev–Trinajstić information content (AvgIpc) is 3.04. The number of halogens is 2. The van der Waals surface area contributed by atoms with Crippen LogP contribution in [0.15, 0.2) is 42.7 Å². The molecule has 27 heavy (non-hydrogen) atoms. The van der Waals surface area contributed by atoms with Gasteiger partial charge in [0.25, 0.3) is 5.91 Å². The summed E-state index contributed by atoms with van der Waals surface area (Å²) in [5.41, 5.74) is 9.00. The Kier molecular flexibility index (Phi) is 8.21. The average molecular weight is 411 g/mol. The van der Waals surface area contributed by atoms with E-state index in [2.05, 4.69) is 10.3 Å². The largest absolute Gasteiger partial charge is 0.327 e. The number of nitrogens with zero attached hydrogens (tertiary/aromatic N) is 2. The molecule has 8 heteroatoms. The molecule has 2 aromatic rings. The van der Waals surface area contributed by atoms with Crippen LogP contribution in [-0.2, 0) is 11.2 Å². The van der Waals surface area contributed by atoms with E-state index >= 15 is 0 Å². The van der Waals surface area contributed by atoms with E-state index in [0.29, 0.717) is 12.1 Å². The van der Waals surface area contributed by atoms with E-state index in [9.17, 15) is 9.59 Å². The van der Waals surface area contributed by atoms with Gasteiger partial charge in [0.05, 0.1) is 11.5 Å². The Morgan fingerprint density at radius 3 is 2.59 bits per heavy atom. The van der Waals surface area contributed by atoms with Crippen LogP contribution in [0.2, 0.25) is 0 Å². The zero-order valence-corrected chi connectivity index (χ0v) is 16.8. The van der Waals surface area contributed by atoms with Crippen molar-refractivity contribution in [3.05, 3.63) is 53.9 Å². The van der Waals surface area contributed by atoms with E-state index in [1.807, 2.05) is 32.0 Å². The first-order chi connectivity index (χ1) is 12.0. The van der Waals surface area contributed by atoms with Crippen LogP contribution < -0.4 is 16.0 Å². The van der Waals surface area contributed by atoms with Crippen LogP contribution in [0, 0.1) is 5.92 Å². The molecule has 146 valence electrons. The Morgan fingerprint density at radius 1 is 1.22 bits per heavy atom. The minimum atomic E-state index is -0.267. The monoisotopic (exact) mass is 410 g/mol. The SMILES string of the molecule is CC(N)C(C)C(=O)Nc1ccc2c(c1)CCN2C(=O)c1cccnc1.Cl.Cl. The molecule has 0 fully saturated rings. The highest BCUT2D eigenvalue weighted by Gasteiger charge is 2.26. The maximum atomic E-state index is 12.6. The predicted molar refractivity (Wildman–Crippen MR) is 112 cm³/mol. The van der Waals surface area contributed by atoms with E-state index in [1.165, 1.54) is 0 Å². The highest BCUT2D eigenvalue weighted by molar-refractivity contribution is 6.07. The molecule has 2 heterocycles. The number of hydrogen-bond acceptors (Lipinski definition) is 4. The van der Waals surface area contributed by atoms with Crippen molar-refractivity contribution >= 4 is 48.0 Å². The van der Waals surface area contributed by atoms with E-state index in [0.717, 1.165) is 23.4 Å². The molecule has 0 radical (unpaired) electrons. The smallest absolute Gasteiger partial charge is 0.259 e. The standard InChI is InChI=1S/C19H22N4O2.2ClH/c1-12(13(2)20)18(24)22-16-5-6-17-14(10-16)7-9-23(17)19(25)15-4-3-8-21-11-15;;/h3-6,8,10-13H,7,9,20H2,1-2H3,(H,22,24);2*1H. The number of aromatic nitrogens is 1. The van der Waals surface area contributed by atoms with Crippen LogP contribution in [0.5, 0.6) is 0 Å². The zero-order chi connectivity index (χ0) is 18.0. The van der Waals surface area contributed by atoms with Crippen molar-refractivity contribution in [1.29, 1.82) is 0 Å². The van der Waals surface area contributed by atoms with Crippen LogP contribution in [0.4, 0.5) is 11.4 Å². The van der Waals surface area contributed by atoms with Gasteiger partial charge in [-0.25, -0.2) is 0 Å². The maximum Gasteiger partial charge on any atom is 0.259 e. The molecule has 2 atom stereocenters. The quantitative estimate of drug-likeness (QED) is 0.810. The Bertz CT molecular complexity index is 800. The van der Waals surface area contributed by atoms with Crippen molar-refractivity contribution < 1.29 is 9.59 Å². The molecule has 1 aliphatic heterocycles. The Hall–Kier alpha value is -2.15. The van der Waals surface area contributed by atoms with Crippen molar-refractivity contribution in [3.8, 4) is 0 Å². The van der Waals surface area contributed by atoms with Gasteiger partial charge in [0.1, 0.15) is 0 Å². The summed E-state index contributed by atoms with van der Waals surface area (Å²) in [4.78, 5) is 30.5. The number of carbonyl (C=O) groups is 2. The summed E-state index contributed by atoms with van der Waals surface area (Å²) in [6.07, 6.45) is 3.98. The molecule has 0 aliphatic carbocycles. The van der Waals surface area contributed by atoms with Gasteiger partial charge >= 0.3 is 0 Å². The third kappa shape index (κ3) is 4.97. The number of rotatable bonds is 4. The fourth-order valence-electron chi connectivity index (χ4n) is 2.83. The van der Waals surface area contributed by atoms with E-state index in [4.69, 9.17) is 5.73 Å². The summed E-state index contributed by atoms with van der Waals surface area (Å²) in [5.74, 6) is -0.428. The summed E-state index contributed by atoms with van der Waals surface area (Å²) in [6, 6.07) is 8.93. The topological polar surface area (TPSA) is 88.3 Å². The van der Waals surface area contributed by atoms with Gasteiger partial charge in [-0.05, 0) is 49.2 Å². The van der Waals surface area contributed by atoms with Gasteiger partial charge in [-0.15, -0.1) is 24.8 Å². The highest BCUT2D eigenvalue weighted by atomic mass is 35.5. The molecule has 1 aromatic heterocycles. The second kappa shape index (κ2) is 9.69. The van der Waals surface area contributed by atoms with Crippen molar-refractivity contribution in [2.75, 3.05) is 16.8 Å². The number of nitrogens with two attached hydrogens (primary N) is 1. The van der Waals surface area contributed by atoms with E-state index in [1.54, 1.807) is 29.4 Å². The molecule has 2 amide bonds. The summed E-state index contributed by atoms with van der Waals surface area (Å²) < 4.78 is 0. The molecular formula is C19H24Cl2N4O2. The molecule has 0 bridgehead atoms. The number of hydrogen-bond donors (Lipinski definition) is 2. The van der Waals surface area contributed by atoms with Crippen LogP contribution in [-0.4, -0.2) is 29.4 Å². The predicted octanol–water partition coefficient (Wildman–Crippen LogP) is 3.05. The van der Waals surface area contributed by atoms with Crippen molar-refractivity contribution in [3.63, 3.8) is 0 Å². The van der Waals surface area contributed by atoms with Gasteiger partial charge in [-0.3, -0.25) is 14.6 Å². The van der Waals surface area contributed by atoms with Gasteiger partial charge in [-0.2, -0.15) is 0 Å². The maximum absolute atomic E-state index is 12.6.